The fourth-order valence-electron chi connectivity index (χ4n) is 0.891. The molecular weight excluding hydrogens is 156 g/mol. The Morgan fingerprint density at radius 2 is 2.42 bits per heavy atom. The Labute approximate surface area is 73.0 Å². The molecule has 0 spiro atoms. The zero-order valence-corrected chi connectivity index (χ0v) is 7.45. The van der Waals surface area contributed by atoms with Crippen LogP contribution in [0.2, 0.25) is 0 Å². The second-order valence-electron chi connectivity index (χ2n) is 2.59. The van der Waals surface area contributed by atoms with Gasteiger partial charge in [0, 0.05) is 0 Å². The number of carbonyl (C=O) groups is 1. The molecule has 0 aromatic heterocycles. The number of rotatable bonds is 6. The van der Waals surface area contributed by atoms with Gasteiger partial charge < -0.3 is 9.84 Å². The van der Waals surface area contributed by atoms with Crippen molar-refractivity contribution < 1.29 is 14.6 Å². The van der Waals surface area contributed by atoms with Crippen LogP contribution < -0.4 is 0 Å². The molecule has 3 heteroatoms. The molecule has 0 radical (unpaired) electrons. The molecule has 0 fully saturated rings. The van der Waals surface area contributed by atoms with Crippen LogP contribution in [0.25, 0.3) is 0 Å². The van der Waals surface area contributed by atoms with Crippen molar-refractivity contribution in [3.63, 3.8) is 0 Å². The van der Waals surface area contributed by atoms with Crippen molar-refractivity contribution >= 4 is 5.97 Å². The summed E-state index contributed by atoms with van der Waals surface area (Å²) in [5.41, 5.74) is 0. The molecule has 1 atom stereocenters. The highest BCUT2D eigenvalue weighted by atomic mass is 16.5. The van der Waals surface area contributed by atoms with E-state index >= 15 is 0 Å². The SMILES string of the molecule is C=CCOC(=O)C(CO)CCC. The first-order valence-corrected chi connectivity index (χ1v) is 4.14. The monoisotopic (exact) mass is 172 g/mol. The molecule has 0 saturated heterocycles. The van der Waals surface area contributed by atoms with Gasteiger partial charge in [-0.25, -0.2) is 0 Å². The van der Waals surface area contributed by atoms with E-state index in [1.165, 1.54) is 6.08 Å². The number of carbonyl (C=O) groups excluding carboxylic acids is 1. The van der Waals surface area contributed by atoms with E-state index in [-0.39, 0.29) is 25.1 Å². The highest BCUT2D eigenvalue weighted by Crippen LogP contribution is 2.07. The van der Waals surface area contributed by atoms with E-state index in [4.69, 9.17) is 9.84 Å². The van der Waals surface area contributed by atoms with Crippen molar-refractivity contribution in [1.82, 2.24) is 0 Å². The van der Waals surface area contributed by atoms with Crippen LogP contribution in [0, 0.1) is 5.92 Å². The lowest BCUT2D eigenvalue weighted by atomic mass is 10.1. The average molecular weight is 172 g/mol. The van der Waals surface area contributed by atoms with Gasteiger partial charge in [-0.15, -0.1) is 0 Å². The fraction of sp³-hybridized carbons (Fsp3) is 0.667. The molecule has 0 amide bonds. The lowest BCUT2D eigenvalue weighted by Crippen LogP contribution is -2.21. The van der Waals surface area contributed by atoms with Gasteiger partial charge >= 0.3 is 5.97 Å². The van der Waals surface area contributed by atoms with E-state index < -0.39 is 0 Å². The van der Waals surface area contributed by atoms with E-state index in [0.717, 1.165) is 6.42 Å². The second-order valence-corrected chi connectivity index (χ2v) is 2.59. The average Bonchev–Trinajstić information content (AvgIpc) is 2.10. The summed E-state index contributed by atoms with van der Waals surface area (Å²) in [6.45, 7) is 5.47. The van der Waals surface area contributed by atoms with Crippen molar-refractivity contribution in [1.29, 1.82) is 0 Å². The highest BCUT2D eigenvalue weighted by molar-refractivity contribution is 5.72. The number of aliphatic hydroxyl groups is 1. The van der Waals surface area contributed by atoms with E-state index in [9.17, 15) is 4.79 Å². The number of hydrogen-bond donors (Lipinski definition) is 1. The topological polar surface area (TPSA) is 46.5 Å². The molecule has 0 aliphatic heterocycles. The minimum Gasteiger partial charge on any atom is -0.461 e. The summed E-state index contributed by atoms with van der Waals surface area (Å²) in [7, 11) is 0. The van der Waals surface area contributed by atoms with Crippen LogP contribution >= 0.6 is 0 Å². The molecule has 12 heavy (non-hydrogen) atoms. The molecule has 1 unspecified atom stereocenters. The van der Waals surface area contributed by atoms with Crippen LogP contribution in [-0.2, 0) is 9.53 Å². The smallest absolute Gasteiger partial charge is 0.311 e. The summed E-state index contributed by atoms with van der Waals surface area (Å²) in [6, 6.07) is 0. The Kier molecular flexibility index (Phi) is 6.38. The highest BCUT2D eigenvalue weighted by Gasteiger charge is 2.16. The van der Waals surface area contributed by atoms with Crippen LogP contribution in [0.3, 0.4) is 0 Å². The van der Waals surface area contributed by atoms with Crippen LogP contribution in [0.15, 0.2) is 12.7 Å². The van der Waals surface area contributed by atoms with E-state index in [0.29, 0.717) is 6.42 Å². The summed E-state index contributed by atoms with van der Waals surface area (Å²) in [5.74, 6) is -0.700. The van der Waals surface area contributed by atoms with Crippen molar-refractivity contribution in [2.24, 2.45) is 5.92 Å². The molecule has 0 bridgehead atoms. The maximum Gasteiger partial charge on any atom is 0.311 e. The van der Waals surface area contributed by atoms with Crippen LogP contribution in [0.1, 0.15) is 19.8 Å². The summed E-state index contributed by atoms with van der Waals surface area (Å²) in [4.78, 5) is 11.1. The Bertz CT molecular complexity index is 143. The molecule has 1 N–H and O–H groups in total. The molecule has 0 aliphatic rings. The third-order valence-corrected chi connectivity index (χ3v) is 1.53. The van der Waals surface area contributed by atoms with E-state index in [1.54, 1.807) is 0 Å². The Morgan fingerprint density at radius 1 is 1.75 bits per heavy atom. The molecule has 0 aliphatic carbocycles. The van der Waals surface area contributed by atoms with Crippen molar-refractivity contribution in [3.05, 3.63) is 12.7 Å². The van der Waals surface area contributed by atoms with Gasteiger partial charge in [-0.1, -0.05) is 26.0 Å². The largest absolute Gasteiger partial charge is 0.461 e. The van der Waals surface area contributed by atoms with Crippen molar-refractivity contribution in [3.8, 4) is 0 Å². The second kappa shape index (κ2) is 6.85. The number of ether oxygens (including phenoxy) is 1. The van der Waals surface area contributed by atoms with Crippen LogP contribution in [0.5, 0.6) is 0 Å². The maximum atomic E-state index is 11.1. The fourth-order valence-corrected chi connectivity index (χ4v) is 0.891. The van der Waals surface area contributed by atoms with Crippen molar-refractivity contribution in [2.75, 3.05) is 13.2 Å². The van der Waals surface area contributed by atoms with Gasteiger partial charge in [-0.3, -0.25) is 4.79 Å². The van der Waals surface area contributed by atoms with Gasteiger partial charge in [0.2, 0.25) is 0 Å². The Hall–Kier alpha value is -0.830. The van der Waals surface area contributed by atoms with Gasteiger partial charge in [-0.05, 0) is 6.42 Å². The lowest BCUT2D eigenvalue weighted by Gasteiger charge is -2.10. The maximum absolute atomic E-state index is 11.1. The number of hydrogen-bond acceptors (Lipinski definition) is 3. The Morgan fingerprint density at radius 3 is 2.83 bits per heavy atom. The lowest BCUT2D eigenvalue weighted by molar-refractivity contribution is -0.148. The Balaban J connectivity index is 3.76. The third kappa shape index (κ3) is 4.13. The molecule has 3 nitrogen and oxygen atoms in total. The van der Waals surface area contributed by atoms with E-state index in [2.05, 4.69) is 6.58 Å². The molecule has 0 saturated carbocycles. The first-order valence-electron chi connectivity index (χ1n) is 4.14. The first-order chi connectivity index (χ1) is 5.76. The molecule has 0 rings (SSSR count). The molecule has 0 aromatic carbocycles. The minimum absolute atomic E-state index is 0.135. The van der Waals surface area contributed by atoms with Gasteiger partial charge in [0.05, 0.1) is 12.5 Å². The summed E-state index contributed by atoms with van der Waals surface area (Å²) in [6.07, 6.45) is 3.05. The third-order valence-electron chi connectivity index (χ3n) is 1.53. The molecule has 70 valence electrons. The first kappa shape index (κ1) is 11.2. The van der Waals surface area contributed by atoms with E-state index in [1.807, 2.05) is 6.92 Å². The normalized spacial score (nSPS) is 12.2. The summed E-state index contributed by atoms with van der Waals surface area (Å²) >= 11 is 0. The van der Waals surface area contributed by atoms with Gasteiger partial charge in [0.25, 0.3) is 0 Å². The quantitative estimate of drug-likeness (QED) is 0.482. The summed E-state index contributed by atoms with van der Waals surface area (Å²) < 4.78 is 4.78. The predicted octanol–water partition coefficient (Wildman–Crippen LogP) is 1.12. The molecule has 0 heterocycles. The number of aliphatic hydroxyl groups excluding tert-OH is 1. The number of esters is 1. The van der Waals surface area contributed by atoms with Crippen LogP contribution in [-0.4, -0.2) is 24.3 Å². The summed E-state index contributed by atoms with van der Waals surface area (Å²) in [5, 5.41) is 8.80. The predicted molar refractivity (Wildman–Crippen MR) is 46.6 cm³/mol. The van der Waals surface area contributed by atoms with Crippen molar-refractivity contribution in [2.45, 2.75) is 19.8 Å². The van der Waals surface area contributed by atoms with Crippen LogP contribution in [0.4, 0.5) is 0 Å². The standard InChI is InChI=1S/C9H16O3/c1-3-5-8(7-10)9(11)12-6-4-2/h4,8,10H,2-3,5-7H2,1H3. The molecular formula is C9H16O3. The molecule has 0 aromatic rings. The zero-order chi connectivity index (χ0) is 9.40. The minimum atomic E-state index is -0.366. The van der Waals surface area contributed by atoms with Gasteiger partial charge in [0.15, 0.2) is 0 Å². The zero-order valence-electron chi connectivity index (χ0n) is 7.45. The van der Waals surface area contributed by atoms with Gasteiger partial charge in [-0.2, -0.15) is 0 Å². The van der Waals surface area contributed by atoms with Gasteiger partial charge in [0.1, 0.15) is 6.61 Å².